The van der Waals surface area contributed by atoms with Crippen molar-refractivity contribution < 1.29 is 23.4 Å². The quantitative estimate of drug-likeness (QED) is 0.587. The first-order valence-corrected chi connectivity index (χ1v) is 9.30. The highest BCUT2D eigenvalue weighted by Crippen LogP contribution is 2.51. The number of nitrogens with zero attached hydrogens (tertiary/aromatic N) is 2. The molecule has 2 aliphatic heterocycles. The molecule has 0 saturated carbocycles. The summed E-state index contributed by atoms with van der Waals surface area (Å²) in [6.45, 7) is 2.05. The van der Waals surface area contributed by atoms with Crippen molar-refractivity contribution in [1.82, 2.24) is 0 Å². The zero-order valence-electron chi connectivity index (χ0n) is 16.7. The van der Waals surface area contributed by atoms with Crippen molar-refractivity contribution in [2.75, 3.05) is 35.0 Å². The van der Waals surface area contributed by atoms with Crippen LogP contribution in [0.5, 0.6) is 23.0 Å². The van der Waals surface area contributed by atoms with Gasteiger partial charge in [0.25, 0.3) is 0 Å². The molecule has 2 heterocycles. The lowest BCUT2D eigenvalue weighted by atomic mass is 9.89. The van der Waals surface area contributed by atoms with Gasteiger partial charge in [0.15, 0.2) is 29.5 Å². The molecule has 0 saturated heterocycles. The first kappa shape index (κ1) is 18.5. The minimum atomic E-state index is 0.208. The Kier molecular flexibility index (Phi) is 4.56. The van der Waals surface area contributed by atoms with E-state index in [0.29, 0.717) is 11.0 Å². The number of methoxy groups -OCH3 is 4. The maximum atomic E-state index is 9.61. The third-order valence-electron chi connectivity index (χ3n) is 6.14. The van der Waals surface area contributed by atoms with Crippen LogP contribution in [0.3, 0.4) is 0 Å². The fraction of sp³-hybridized carbons (Fsp3) is 0.409. The molecule has 4 rings (SSSR count). The molecule has 0 fully saturated rings. The summed E-state index contributed by atoms with van der Waals surface area (Å²) >= 11 is 0. The second-order valence-electron chi connectivity index (χ2n) is 7.45. The fourth-order valence-electron chi connectivity index (χ4n) is 4.81. The molecular weight excluding hydrogens is 356 g/mol. The van der Waals surface area contributed by atoms with Crippen LogP contribution in [0.25, 0.3) is 0 Å². The summed E-state index contributed by atoms with van der Waals surface area (Å²) in [4.78, 5) is 0. The van der Waals surface area contributed by atoms with Crippen LogP contribution in [0, 0.1) is 11.3 Å². The summed E-state index contributed by atoms with van der Waals surface area (Å²) in [5.74, 6) is 2.94. The van der Waals surface area contributed by atoms with E-state index in [-0.39, 0.29) is 6.04 Å². The SMILES string of the molecule is COc1cc2c(cc1OC)C[N+]1(CC#N)Cc3cc(OC)c(OC)cc3C1C2. The van der Waals surface area contributed by atoms with Gasteiger partial charge >= 0.3 is 0 Å². The summed E-state index contributed by atoms with van der Waals surface area (Å²) in [6.07, 6.45) is 0.847. The van der Waals surface area contributed by atoms with E-state index in [2.05, 4.69) is 30.3 Å². The number of quaternary nitrogens is 1. The highest BCUT2D eigenvalue weighted by atomic mass is 16.5. The molecule has 0 amide bonds. The first-order chi connectivity index (χ1) is 13.6. The smallest absolute Gasteiger partial charge is 0.167 e. The molecule has 2 aromatic carbocycles. The van der Waals surface area contributed by atoms with Crippen LogP contribution in [0.4, 0.5) is 0 Å². The van der Waals surface area contributed by atoms with Gasteiger partial charge in [0.2, 0.25) is 0 Å². The Hall–Kier alpha value is -2.91. The molecule has 28 heavy (non-hydrogen) atoms. The van der Waals surface area contributed by atoms with Crippen molar-refractivity contribution in [2.45, 2.75) is 25.6 Å². The largest absolute Gasteiger partial charge is 0.493 e. The van der Waals surface area contributed by atoms with Gasteiger partial charge in [-0.1, -0.05) is 0 Å². The van der Waals surface area contributed by atoms with Gasteiger partial charge in [-0.05, 0) is 29.8 Å². The van der Waals surface area contributed by atoms with Gasteiger partial charge in [-0.25, -0.2) is 0 Å². The average Bonchev–Trinajstić information content (AvgIpc) is 3.01. The van der Waals surface area contributed by atoms with Crippen LogP contribution in [0.2, 0.25) is 0 Å². The molecular formula is C22H25N2O4+. The van der Waals surface area contributed by atoms with E-state index >= 15 is 0 Å². The Balaban J connectivity index is 1.84. The second-order valence-corrected chi connectivity index (χ2v) is 7.45. The lowest BCUT2D eigenvalue weighted by Gasteiger charge is -2.42. The van der Waals surface area contributed by atoms with Crippen LogP contribution in [0.1, 0.15) is 28.3 Å². The predicted molar refractivity (Wildman–Crippen MR) is 104 cm³/mol. The molecule has 0 spiro atoms. The van der Waals surface area contributed by atoms with E-state index in [1.54, 1.807) is 28.4 Å². The normalized spacial score (nSPS) is 21.8. The zero-order valence-corrected chi connectivity index (χ0v) is 16.7. The van der Waals surface area contributed by atoms with Gasteiger partial charge in [0, 0.05) is 23.1 Å². The van der Waals surface area contributed by atoms with Crippen LogP contribution < -0.4 is 18.9 Å². The Morgan fingerprint density at radius 1 is 0.821 bits per heavy atom. The van der Waals surface area contributed by atoms with Gasteiger partial charge in [-0.3, -0.25) is 4.48 Å². The van der Waals surface area contributed by atoms with Gasteiger partial charge in [0.05, 0.1) is 28.4 Å². The highest BCUT2D eigenvalue weighted by molar-refractivity contribution is 5.52. The minimum Gasteiger partial charge on any atom is -0.493 e. The number of rotatable bonds is 5. The van der Waals surface area contributed by atoms with Gasteiger partial charge in [-0.2, -0.15) is 5.26 Å². The highest BCUT2D eigenvalue weighted by Gasteiger charge is 2.49. The van der Waals surface area contributed by atoms with Crippen molar-refractivity contribution >= 4 is 0 Å². The number of fused-ring (bicyclic) bond motifs is 4. The summed E-state index contributed by atoms with van der Waals surface area (Å²) in [5, 5.41) is 9.61. The third kappa shape index (κ3) is 2.66. The summed E-state index contributed by atoms with van der Waals surface area (Å²) in [6, 6.07) is 10.9. The molecule has 2 aliphatic rings. The number of benzene rings is 2. The van der Waals surface area contributed by atoms with E-state index in [1.807, 2.05) is 0 Å². The molecule has 0 radical (unpaired) electrons. The van der Waals surface area contributed by atoms with Crippen LogP contribution in [-0.4, -0.2) is 39.5 Å². The molecule has 2 atom stereocenters. The number of hydrogen-bond acceptors (Lipinski definition) is 5. The monoisotopic (exact) mass is 381 g/mol. The number of hydrogen-bond donors (Lipinski definition) is 0. The molecule has 0 N–H and O–H groups in total. The van der Waals surface area contributed by atoms with Gasteiger partial charge in [0.1, 0.15) is 25.2 Å². The van der Waals surface area contributed by atoms with Crippen LogP contribution >= 0.6 is 0 Å². The Morgan fingerprint density at radius 2 is 1.32 bits per heavy atom. The maximum absolute atomic E-state index is 9.61. The molecule has 0 bridgehead atoms. The Labute approximate surface area is 165 Å². The molecule has 6 nitrogen and oxygen atoms in total. The average molecular weight is 381 g/mol. The molecule has 2 aromatic rings. The lowest BCUT2D eigenvalue weighted by molar-refractivity contribution is -0.971. The van der Waals surface area contributed by atoms with Gasteiger partial charge < -0.3 is 18.9 Å². The van der Waals surface area contributed by atoms with E-state index in [4.69, 9.17) is 18.9 Å². The van der Waals surface area contributed by atoms with Crippen molar-refractivity contribution in [3.8, 4) is 29.1 Å². The van der Waals surface area contributed by atoms with E-state index in [1.165, 1.54) is 22.3 Å². The van der Waals surface area contributed by atoms with Crippen molar-refractivity contribution in [3.05, 3.63) is 46.5 Å². The van der Waals surface area contributed by atoms with Gasteiger partial charge in [-0.15, -0.1) is 0 Å². The van der Waals surface area contributed by atoms with Crippen molar-refractivity contribution in [3.63, 3.8) is 0 Å². The fourth-order valence-corrected chi connectivity index (χ4v) is 4.81. The third-order valence-corrected chi connectivity index (χ3v) is 6.14. The predicted octanol–water partition coefficient (Wildman–Crippen LogP) is 3.37. The van der Waals surface area contributed by atoms with Crippen LogP contribution in [-0.2, 0) is 19.5 Å². The molecule has 146 valence electrons. The number of ether oxygens (including phenoxy) is 4. The van der Waals surface area contributed by atoms with Crippen LogP contribution in [0.15, 0.2) is 24.3 Å². The van der Waals surface area contributed by atoms with E-state index in [0.717, 1.165) is 42.5 Å². The topological polar surface area (TPSA) is 60.7 Å². The van der Waals surface area contributed by atoms with Crippen molar-refractivity contribution in [2.24, 2.45) is 0 Å². The van der Waals surface area contributed by atoms with E-state index in [9.17, 15) is 5.26 Å². The van der Waals surface area contributed by atoms with E-state index < -0.39 is 0 Å². The Morgan fingerprint density at radius 3 is 1.89 bits per heavy atom. The molecule has 2 unspecified atom stereocenters. The lowest BCUT2D eigenvalue weighted by Crippen LogP contribution is -2.49. The summed E-state index contributed by atoms with van der Waals surface area (Å²) < 4.78 is 22.7. The standard InChI is InChI=1S/C22H25N2O4/c1-25-19-8-14-7-18-17-11-22(28-4)21(27-3)10-16(17)13-24(18,6-5-23)12-15(14)9-20(19)26-2/h8-11,18H,6-7,12-13H2,1-4H3/q+1. The zero-order chi connectivity index (χ0) is 19.9. The Bertz CT molecular complexity index is 955. The number of nitriles is 1. The summed E-state index contributed by atoms with van der Waals surface area (Å²) in [7, 11) is 6.62. The minimum absolute atomic E-state index is 0.208. The first-order valence-electron chi connectivity index (χ1n) is 9.30. The second kappa shape index (κ2) is 6.92. The molecule has 0 aromatic heterocycles. The molecule has 0 aliphatic carbocycles. The maximum Gasteiger partial charge on any atom is 0.167 e. The summed E-state index contributed by atoms with van der Waals surface area (Å²) in [5.41, 5.74) is 4.94. The molecule has 6 heteroatoms. The van der Waals surface area contributed by atoms with Crippen molar-refractivity contribution in [1.29, 1.82) is 5.26 Å².